The Morgan fingerprint density at radius 1 is 1.36 bits per heavy atom. The Labute approximate surface area is 69.3 Å². The van der Waals surface area contributed by atoms with Crippen LogP contribution < -0.4 is 5.73 Å². The zero-order valence-corrected chi connectivity index (χ0v) is 7.54. The van der Waals surface area contributed by atoms with E-state index in [1.54, 1.807) is 6.20 Å². The summed E-state index contributed by atoms with van der Waals surface area (Å²) in [6.07, 6.45) is 9.62. The highest BCUT2D eigenvalue weighted by molar-refractivity contribution is 5.24. The number of allylic oxidation sites excluding steroid dienone is 5. The van der Waals surface area contributed by atoms with E-state index in [4.69, 9.17) is 5.73 Å². The van der Waals surface area contributed by atoms with Crippen molar-refractivity contribution in [3.63, 3.8) is 0 Å². The van der Waals surface area contributed by atoms with Gasteiger partial charge in [-0.15, -0.1) is 0 Å². The summed E-state index contributed by atoms with van der Waals surface area (Å²) in [7, 11) is 0. The fourth-order valence-electron chi connectivity index (χ4n) is 0.759. The van der Waals surface area contributed by atoms with Crippen molar-refractivity contribution in [1.29, 1.82) is 0 Å². The highest BCUT2D eigenvalue weighted by Gasteiger charge is 1.95. The fraction of sp³-hybridized carbons (Fsp3) is 0.400. The van der Waals surface area contributed by atoms with Crippen molar-refractivity contribution in [2.75, 3.05) is 0 Å². The second-order valence-electron chi connectivity index (χ2n) is 2.71. The quantitative estimate of drug-likeness (QED) is 0.616. The lowest BCUT2D eigenvalue weighted by molar-refractivity contribution is 0.791. The molecule has 0 saturated heterocycles. The summed E-state index contributed by atoms with van der Waals surface area (Å²) in [6, 6.07) is 0. The van der Waals surface area contributed by atoms with E-state index < -0.39 is 0 Å². The summed E-state index contributed by atoms with van der Waals surface area (Å²) in [5.74, 6) is 0.533. The van der Waals surface area contributed by atoms with Crippen LogP contribution in [-0.2, 0) is 0 Å². The van der Waals surface area contributed by atoms with Gasteiger partial charge in [0.1, 0.15) is 0 Å². The van der Waals surface area contributed by atoms with Gasteiger partial charge in [0, 0.05) is 0 Å². The van der Waals surface area contributed by atoms with E-state index in [2.05, 4.69) is 19.9 Å². The predicted octanol–water partition coefficient (Wildman–Crippen LogP) is 2.62. The molecule has 0 aliphatic rings. The smallest absolute Gasteiger partial charge is 0.00595 e. The first kappa shape index (κ1) is 10.0. The minimum absolute atomic E-state index is 0.533. The number of nitrogens with two attached hydrogens (primary N) is 1. The Morgan fingerprint density at radius 2 is 2.00 bits per heavy atom. The molecule has 0 aliphatic heterocycles. The monoisotopic (exact) mass is 151 g/mol. The normalized spacial score (nSPS) is 14.0. The van der Waals surface area contributed by atoms with Gasteiger partial charge in [-0.05, 0) is 30.7 Å². The van der Waals surface area contributed by atoms with E-state index in [1.165, 1.54) is 5.57 Å². The second kappa shape index (κ2) is 5.78. The Bertz CT molecular complexity index is 173. The Hall–Kier alpha value is -0.980. The van der Waals surface area contributed by atoms with Crippen molar-refractivity contribution in [2.24, 2.45) is 11.7 Å². The molecule has 0 atom stereocenters. The summed E-state index contributed by atoms with van der Waals surface area (Å²) < 4.78 is 0. The first-order valence-corrected chi connectivity index (χ1v) is 3.93. The maximum Gasteiger partial charge on any atom is -0.00595 e. The predicted molar refractivity (Wildman–Crippen MR) is 51.1 cm³/mol. The number of rotatable bonds is 3. The topological polar surface area (TPSA) is 26.0 Å². The van der Waals surface area contributed by atoms with Gasteiger partial charge in [0.15, 0.2) is 0 Å². The van der Waals surface area contributed by atoms with Crippen molar-refractivity contribution < 1.29 is 0 Å². The molecule has 0 aliphatic carbocycles. The van der Waals surface area contributed by atoms with Gasteiger partial charge >= 0.3 is 0 Å². The van der Waals surface area contributed by atoms with Gasteiger partial charge in [-0.1, -0.05) is 32.1 Å². The lowest BCUT2D eigenvalue weighted by atomic mass is 10.0. The third kappa shape index (κ3) is 4.43. The first-order chi connectivity index (χ1) is 5.22. The third-order valence-electron chi connectivity index (χ3n) is 1.44. The van der Waals surface area contributed by atoms with Gasteiger partial charge in [0.2, 0.25) is 0 Å². The maximum absolute atomic E-state index is 5.29. The van der Waals surface area contributed by atoms with Crippen LogP contribution >= 0.6 is 0 Å². The molecule has 0 bridgehead atoms. The number of hydrogen-bond acceptors (Lipinski definition) is 1. The van der Waals surface area contributed by atoms with E-state index in [1.807, 2.05) is 25.2 Å². The summed E-state index contributed by atoms with van der Waals surface area (Å²) in [5, 5.41) is 0. The molecular weight excluding hydrogens is 134 g/mol. The van der Waals surface area contributed by atoms with Crippen molar-refractivity contribution >= 4 is 0 Å². The van der Waals surface area contributed by atoms with E-state index in [0.29, 0.717) is 5.92 Å². The lowest BCUT2D eigenvalue weighted by Crippen LogP contribution is -1.91. The standard InChI is InChI=1S/C10H17N/c1-4-5-6-10(7-8-11)9(2)3/h4-9H,11H2,1-3H3/b5-4-,8-7-,10-6+. The summed E-state index contributed by atoms with van der Waals surface area (Å²) in [4.78, 5) is 0. The van der Waals surface area contributed by atoms with Gasteiger partial charge in [-0.2, -0.15) is 0 Å². The summed E-state index contributed by atoms with van der Waals surface area (Å²) >= 11 is 0. The molecule has 0 saturated carbocycles. The first-order valence-electron chi connectivity index (χ1n) is 3.93. The molecule has 0 aromatic carbocycles. The van der Waals surface area contributed by atoms with Crippen LogP contribution in [0.3, 0.4) is 0 Å². The van der Waals surface area contributed by atoms with Gasteiger partial charge in [-0.3, -0.25) is 0 Å². The van der Waals surface area contributed by atoms with Crippen LogP contribution in [0.4, 0.5) is 0 Å². The largest absolute Gasteiger partial charge is 0.405 e. The van der Waals surface area contributed by atoms with E-state index >= 15 is 0 Å². The zero-order valence-electron chi connectivity index (χ0n) is 7.54. The second-order valence-corrected chi connectivity index (χ2v) is 2.71. The summed E-state index contributed by atoms with van der Waals surface area (Å²) in [5.41, 5.74) is 6.55. The molecule has 0 fully saturated rings. The third-order valence-corrected chi connectivity index (χ3v) is 1.44. The molecule has 2 N–H and O–H groups in total. The minimum atomic E-state index is 0.533. The van der Waals surface area contributed by atoms with Gasteiger partial charge in [0.25, 0.3) is 0 Å². The average Bonchev–Trinajstić information content (AvgIpc) is 1.97. The summed E-state index contributed by atoms with van der Waals surface area (Å²) in [6.45, 7) is 6.30. The molecule has 0 aromatic rings. The van der Waals surface area contributed by atoms with Crippen LogP contribution in [0.5, 0.6) is 0 Å². The Kier molecular flexibility index (Phi) is 5.26. The average molecular weight is 151 g/mol. The molecule has 11 heavy (non-hydrogen) atoms. The van der Waals surface area contributed by atoms with Gasteiger partial charge in [-0.25, -0.2) is 0 Å². The van der Waals surface area contributed by atoms with Crippen molar-refractivity contribution in [3.05, 3.63) is 36.1 Å². The fourth-order valence-corrected chi connectivity index (χ4v) is 0.759. The lowest BCUT2D eigenvalue weighted by Gasteiger charge is -2.03. The van der Waals surface area contributed by atoms with E-state index in [9.17, 15) is 0 Å². The van der Waals surface area contributed by atoms with Crippen LogP contribution in [0.1, 0.15) is 20.8 Å². The van der Waals surface area contributed by atoms with Crippen LogP contribution in [0.2, 0.25) is 0 Å². The van der Waals surface area contributed by atoms with Crippen molar-refractivity contribution in [2.45, 2.75) is 20.8 Å². The van der Waals surface area contributed by atoms with Crippen LogP contribution in [0.15, 0.2) is 36.1 Å². The molecule has 0 spiro atoms. The molecular formula is C10H17N. The van der Waals surface area contributed by atoms with Gasteiger partial charge < -0.3 is 5.73 Å². The zero-order chi connectivity index (χ0) is 8.69. The molecule has 62 valence electrons. The van der Waals surface area contributed by atoms with Crippen LogP contribution in [-0.4, -0.2) is 0 Å². The van der Waals surface area contributed by atoms with Crippen molar-refractivity contribution in [3.8, 4) is 0 Å². The highest BCUT2D eigenvalue weighted by Crippen LogP contribution is 2.10. The van der Waals surface area contributed by atoms with E-state index in [-0.39, 0.29) is 0 Å². The Balaban J connectivity index is 4.32. The van der Waals surface area contributed by atoms with Crippen molar-refractivity contribution in [1.82, 2.24) is 0 Å². The van der Waals surface area contributed by atoms with Crippen LogP contribution in [0.25, 0.3) is 0 Å². The molecule has 0 heterocycles. The molecule has 0 radical (unpaired) electrons. The molecule has 0 rings (SSSR count). The van der Waals surface area contributed by atoms with E-state index in [0.717, 1.165) is 0 Å². The molecule has 0 unspecified atom stereocenters. The highest BCUT2D eigenvalue weighted by atomic mass is 14.5. The van der Waals surface area contributed by atoms with Gasteiger partial charge in [0.05, 0.1) is 0 Å². The van der Waals surface area contributed by atoms with Crippen LogP contribution in [0, 0.1) is 5.92 Å². The maximum atomic E-state index is 5.29. The number of hydrogen-bond donors (Lipinski definition) is 1. The molecule has 1 heteroatoms. The Morgan fingerprint density at radius 3 is 2.36 bits per heavy atom. The molecule has 0 aromatic heterocycles. The molecule has 0 amide bonds. The minimum Gasteiger partial charge on any atom is -0.405 e. The molecule has 1 nitrogen and oxygen atoms in total. The SMILES string of the molecule is C\C=C/C=C(\C=C/N)C(C)C.